The zero-order valence-electron chi connectivity index (χ0n) is 22.3. The van der Waals surface area contributed by atoms with Gasteiger partial charge in [-0.2, -0.15) is 0 Å². The van der Waals surface area contributed by atoms with Crippen molar-refractivity contribution in [2.45, 2.75) is 132 Å². The van der Waals surface area contributed by atoms with Crippen LogP contribution in [-0.4, -0.2) is 11.2 Å². The molecule has 0 heterocycles. The molecule has 180 valence electrons. The van der Waals surface area contributed by atoms with Crippen molar-refractivity contribution in [3.63, 3.8) is 0 Å². The number of fused-ring (bicyclic) bond motifs is 5. The molecule has 3 fully saturated rings. The molecule has 0 radical (unpaired) electrons. The van der Waals surface area contributed by atoms with Gasteiger partial charge in [-0.1, -0.05) is 79.9 Å². The first kappa shape index (κ1) is 25.3. The molecule has 0 bridgehead atoms. The topological polar surface area (TPSA) is 20.2 Å². The van der Waals surface area contributed by atoms with Gasteiger partial charge in [-0.25, -0.2) is 0 Å². The molecule has 1 N–H and O–H groups in total. The van der Waals surface area contributed by atoms with Gasteiger partial charge in [0.2, 0.25) is 0 Å². The molecule has 0 aromatic heterocycles. The molecule has 0 amide bonds. The number of allylic oxidation sites excluding steroid dienone is 1. The number of aliphatic hydroxyl groups is 1. The van der Waals surface area contributed by atoms with Crippen LogP contribution in [0.15, 0.2) is 11.6 Å². The number of hydrogen-bond donors (Lipinski definition) is 1. The Morgan fingerprint density at radius 3 is 2.42 bits per heavy atom. The maximum atomic E-state index is 10.2. The van der Waals surface area contributed by atoms with Crippen molar-refractivity contribution < 1.29 is 5.11 Å². The van der Waals surface area contributed by atoms with Crippen LogP contribution < -0.4 is 0 Å². The lowest BCUT2D eigenvalue weighted by atomic mass is 9.47. The van der Waals surface area contributed by atoms with Crippen LogP contribution in [0.1, 0.15) is 126 Å². The molecule has 1 heteroatoms. The summed E-state index contributed by atoms with van der Waals surface area (Å²) >= 11 is 0. The predicted octanol–water partition coefficient (Wildman–Crippen LogP) is 8.81. The van der Waals surface area contributed by atoms with Crippen LogP contribution in [0.3, 0.4) is 0 Å². The summed E-state index contributed by atoms with van der Waals surface area (Å²) in [5, 5.41) is 10.2. The lowest BCUT2D eigenvalue weighted by Crippen LogP contribution is -2.50. The van der Waals surface area contributed by atoms with Crippen LogP contribution in [-0.2, 0) is 0 Å². The Morgan fingerprint density at radius 2 is 1.74 bits per heavy atom. The standard InChI is InChI=1S/C28H48O.C2H6/c1-19(8-7-15-26(2,3)4)23-11-12-24-22-10-9-20-18-21(29)13-16-27(20,5)25(22)14-17-28(23,24)6;1-2/h9,19,21-25,29H,7-8,10-18H2,1-6H3;1-2H3/t19?,21?,22?,23-,24?,25?,27?,28?;/m1./s1. The molecule has 4 aliphatic carbocycles. The van der Waals surface area contributed by atoms with Crippen molar-refractivity contribution in [2.24, 2.45) is 45.8 Å². The molecule has 31 heavy (non-hydrogen) atoms. The van der Waals surface area contributed by atoms with E-state index in [4.69, 9.17) is 0 Å². The van der Waals surface area contributed by atoms with Crippen LogP contribution in [0.25, 0.3) is 0 Å². The molecule has 0 spiro atoms. The highest BCUT2D eigenvalue weighted by Gasteiger charge is 2.59. The smallest absolute Gasteiger partial charge is 0.0577 e. The maximum Gasteiger partial charge on any atom is 0.0577 e. The Bertz CT molecular complexity index is 627. The SMILES string of the molecule is CC.CC(CCCC(C)(C)C)[C@H]1CCC2C3CC=C4CC(O)CCC4(C)C3CCC21C. The zero-order chi connectivity index (χ0) is 23.0. The van der Waals surface area contributed by atoms with E-state index < -0.39 is 0 Å². The van der Waals surface area contributed by atoms with E-state index in [2.05, 4.69) is 47.6 Å². The highest BCUT2D eigenvalue weighted by molar-refractivity contribution is 5.25. The number of rotatable bonds is 4. The lowest BCUT2D eigenvalue weighted by molar-refractivity contribution is -0.0573. The molecule has 4 rings (SSSR count). The predicted molar refractivity (Wildman–Crippen MR) is 135 cm³/mol. The van der Waals surface area contributed by atoms with Crippen molar-refractivity contribution in [1.29, 1.82) is 0 Å². The molecular weight excluding hydrogens is 376 g/mol. The van der Waals surface area contributed by atoms with Gasteiger partial charge in [-0.3, -0.25) is 0 Å². The average Bonchev–Trinajstić information content (AvgIpc) is 3.06. The normalized spacial score (nSPS) is 43.0. The molecule has 1 nitrogen and oxygen atoms in total. The minimum Gasteiger partial charge on any atom is -0.393 e. The molecule has 8 atom stereocenters. The third kappa shape index (κ3) is 4.83. The van der Waals surface area contributed by atoms with Gasteiger partial charge in [0, 0.05) is 0 Å². The van der Waals surface area contributed by atoms with E-state index in [0.29, 0.717) is 16.2 Å². The minimum atomic E-state index is -0.0791. The summed E-state index contributed by atoms with van der Waals surface area (Å²) in [5.41, 5.74) is 3.07. The summed E-state index contributed by atoms with van der Waals surface area (Å²) in [7, 11) is 0. The van der Waals surface area contributed by atoms with Crippen LogP contribution in [0, 0.1) is 45.8 Å². The van der Waals surface area contributed by atoms with E-state index in [0.717, 1.165) is 42.4 Å². The van der Waals surface area contributed by atoms with Crippen molar-refractivity contribution in [1.82, 2.24) is 0 Å². The third-order valence-electron chi connectivity index (χ3n) is 10.4. The van der Waals surface area contributed by atoms with Gasteiger partial charge in [0.25, 0.3) is 0 Å². The van der Waals surface area contributed by atoms with Gasteiger partial charge in [-0.15, -0.1) is 0 Å². The highest BCUT2D eigenvalue weighted by atomic mass is 16.3. The fourth-order valence-electron chi connectivity index (χ4n) is 8.77. The van der Waals surface area contributed by atoms with Crippen molar-refractivity contribution in [3.8, 4) is 0 Å². The van der Waals surface area contributed by atoms with Crippen LogP contribution >= 0.6 is 0 Å². The van der Waals surface area contributed by atoms with Crippen LogP contribution in [0.5, 0.6) is 0 Å². The summed E-state index contributed by atoms with van der Waals surface area (Å²) in [6.45, 7) is 19.0. The second-order valence-electron chi connectivity index (χ2n) is 13.3. The Hall–Kier alpha value is -0.300. The van der Waals surface area contributed by atoms with E-state index in [1.165, 1.54) is 57.8 Å². The fraction of sp³-hybridized carbons (Fsp3) is 0.933. The van der Waals surface area contributed by atoms with Crippen LogP contribution in [0.4, 0.5) is 0 Å². The molecular formula is C30H54O. The van der Waals surface area contributed by atoms with Crippen LogP contribution in [0.2, 0.25) is 0 Å². The molecule has 7 unspecified atom stereocenters. The Labute approximate surface area is 194 Å². The molecule has 0 aromatic rings. The second-order valence-corrected chi connectivity index (χ2v) is 13.3. The van der Waals surface area contributed by atoms with Gasteiger partial charge < -0.3 is 5.11 Å². The highest BCUT2D eigenvalue weighted by Crippen LogP contribution is 2.67. The Balaban J connectivity index is 0.00000132. The largest absolute Gasteiger partial charge is 0.393 e. The molecule has 4 aliphatic rings. The first-order chi connectivity index (χ1) is 14.5. The molecule has 0 aliphatic heterocycles. The molecule has 3 saturated carbocycles. The Kier molecular flexibility index (Phi) is 7.77. The maximum absolute atomic E-state index is 10.2. The van der Waals surface area contributed by atoms with E-state index in [-0.39, 0.29) is 6.10 Å². The van der Waals surface area contributed by atoms with Gasteiger partial charge >= 0.3 is 0 Å². The summed E-state index contributed by atoms with van der Waals surface area (Å²) < 4.78 is 0. The summed E-state index contributed by atoms with van der Waals surface area (Å²) in [5.74, 6) is 4.56. The zero-order valence-corrected chi connectivity index (χ0v) is 22.3. The van der Waals surface area contributed by atoms with Crippen molar-refractivity contribution in [2.75, 3.05) is 0 Å². The first-order valence-corrected chi connectivity index (χ1v) is 13.9. The van der Waals surface area contributed by atoms with Gasteiger partial charge in [0.15, 0.2) is 0 Å². The van der Waals surface area contributed by atoms with Crippen molar-refractivity contribution >= 4 is 0 Å². The monoisotopic (exact) mass is 430 g/mol. The second kappa shape index (κ2) is 9.52. The Morgan fingerprint density at radius 1 is 1.03 bits per heavy atom. The van der Waals surface area contributed by atoms with Gasteiger partial charge in [0.05, 0.1) is 6.10 Å². The number of hydrogen-bond acceptors (Lipinski definition) is 1. The van der Waals surface area contributed by atoms with E-state index in [1.807, 2.05) is 13.8 Å². The summed E-state index contributed by atoms with van der Waals surface area (Å²) in [6.07, 6.45) is 17.1. The van der Waals surface area contributed by atoms with Gasteiger partial charge in [0.1, 0.15) is 0 Å². The lowest BCUT2D eigenvalue weighted by Gasteiger charge is -2.58. The fourth-order valence-corrected chi connectivity index (χ4v) is 8.77. The molecule has 0 saturated heterocycles. The number of aliphatic hydroxyl groups excluding tert-OH is 1. The quantitative estimate of drug-likeness (QED) is 0.442. The van der Waals surface area contributed by atoms with E-state index in [9.17, 15) is 5.11 Å². The van der Waals surface area contributed by atoms with E-state index in [1.54, 1.807) is 5.57 Å². The summed E-state index contributed by atoms with van der Waals surface area (Å²) in [6, 6.07) is 0. The first-order valence-electron chi connectivity index (χ1n) is 13.9. The van der Waals surface area contributed by atoms with Crippen molar-refractivity contribution in [3.05, 3.63) is 11.6 Å². The molecule has 0 aromatic carbocycles. The third-order valence-corrected chi connectivity index (χ3v) is 10.4. The van der Waals surface area contributed by atoms with E-state index >= 15 is 0 Å². The average molecular weight is 431 g/mol. The van der Waals surface area contributed by atoms with Gasteiger partial charge in [-0.05, 0) is 104 Å². The summed E-state index contributed by atoms with van der Waals surface area (Å²) in [4.78, 5) is 0. The minimum absolute atomic E-state index is 0.0791.